The molecule has 7 nitrogen and oxygen atoms in total. The van der Waals surface area contributed by atoms with E-state index in [-0.39, 0.29) is 16.5 Å². The van der Waals surface area contributed by atoms with Crippen LogP contribution in [-0.2, 0) is 11.3 Å². The van der Waals surface area contributed by atoms with E-state index < -0.39 is 0 Å². The molecule has 0 saturated carbocycles. The van der Waals surface area contributed by atoms with Gasteiger partial charge in [-0.25, -0.2) is 0 Å². The monoisotopic (exact) mass is 280 g/mol. The molecule has 1 aromatic heterocycles. The van der Waals surface area contributed by atoms with Crippen LogP contribution in [0, 0.1) is 24.0 Å². The second-order valence-electron chi connectivity index (χ2n) is 4.83. The molecule has 0 fully saturated rings. The quantitative estimate of drug-likeness (QED) is 0.480. The minimum atomic E-state index is -0.384. The van der Waals surface area contributed by atoms with E-state index in [0.29, 0.717) is 36.3 Å². The molecule has 0 bridgehead atoms. The maximum absolute atomic E-state index is 11.4. The summed E-state index contributed by atoms with van der Waals surface area (Å²) in [5, 5.41) is 14.1. The van der Waals surface area contributed by atoms with Gasteiger partial charge in [-0.3, -0.25) is 19.9 Å². The molecule has 0 aliphatic rings. The third kappa shape index (κ3) is 3.99. The molecule has 0 saturated heterocycles. The van der Waals surface area contributed by atoms with Gasteiger partial charge in [0.15, 0.2) is 0 Å². The van der Waals surface area contributed by atoms with Gasteiger partial charge in [0.25, 0.3) is 5.69 Å². The molecule has 0 aromatic carbocycles. The molecule has 0 radical (unpaired) electrons. The third-order valence-corrected chi connectivity index (χ3v) is 3.07. The Balaban J connectivity index is 2.64. The number of rotatable bonds is 6. The highest BCUT2D eigenvalue weighted by atomic mass is 16.6. The zero-order chi connectivity index (χ0) is 15.3. The predicted molar refractivity (Wildman–Crippen MR) is 75.4 cm³/mol. The molecule has 0 aliphatic heterocycles. The van der Waals surface area contributed by atoms with E-state index >= 15 is 0 Å². The van der Waals surface area contributed by atoms with Gasteiger partial charge in [-0.1, -0.05) is 0 Å². The minimum Gasteiger partial charge on any atom is -0.349 e. The maximum atomic E-state index is 11.4. The Bertz CT molecular complexity index is 515. The summed E-state index contributed by atoms with van der Waals surface area (Å²) in [6.07, 6.45) is 1.90. The first-order valence-electron chi connectivity index (χ1n) is 6.35. The topological polar surface area (TPSA) is 88.4 Å². The first-order valence-corrected chi connectivity index (χ1v) is 6.35. The van der Waals surface area contributed by atoms with Crippen LogP contribution >= 0.6 is 0 Å². The van der Waals surface area contributed by atoms with Crippen molar-refractivity contribution in [2.75, 3.05) is 20.6 Å². The molecular formula is C13H20N4O3. The fraction of sp³-hybridized carbons (Fsp3) is 0.538. The SMILES string of the molecule is Cc1cnc(CNCCC(=O)N(C)C)c(C)c1[N+](=O)[O-]. The van der Waals surface area contributed by atoms with Crippen LogP contribution in [0.15, 0.2) is 6.20 Å². The van der Waals surface area contributed by atoms with Gasteiger partial charge in [-0.2, -0.15) is 0 Å². The molecule has 1 aromatic rings. The number of carbonyl (C=O) groups excluding carboxylic acids is 1. The lowest BCUT2D eigenvalue weighted by Gasteiger charge is -2.11. The van der Waals surface area contributed by atoms with E-state index in [2.05, 4.69) is 10.3 Å². The lowest BCUT2D eigenvalue weighted by molar-refractivity contribution is -0.386. The third-order valence-electron chi connectivity index (χ3n) is 3.07. The van der Waals surface area contributed by atoms with Crippen LogP contribution in [0.25, 0.3) is 0 Å². The molecule has 20 heavy (non-hydrogen) atoms. The van der Waals surface area contributed by atoms with E-state index in [0.717, 1.165) is 0 Å². The summed E-state index contributed by atoms with van der Waals surface area (Å²) in [7, 11) is 3.41. The standard InChI is InChI=1S/C13H20N4O3/c1-9-7-15-11(10(2)13(9)17(19)20)8-14-6-5-12(18)16(3)4/h7,14H,5-6,8H2,1-4H3. The highest BCUT2D eigenvalue weighted by Crippen LogP contribution is 2.23. The fourth-order valence-electron chi connectivity index (χ4n) is 1.85. The summed E-state index contributed by atoms with van der Waals surface area (Å²) in [6, 6.07) is 0. The van der Waals surface area contributed by atoms with Crippen molar-refractivity contribution in [2.45, 2.75) is 26.8 Å². The zero-order valence-corrected chi connectivity index (χ0v) is 12.3. The Morgan fingerprint density at radius 3 is 2.65 bits per heavy atom. The van der Waals surface area contributed by atoms with E-state index in [1.54, 1.807) is 27.9 Å². The summed E-state index contributed by atoms with van der Waals surface area (Å²) >= 11 is 0. The van der Waals surface area contributed by atoms with Crippen LogP contribution in [0.3, 0.4) is 0 Å². The smallest absolute Gasteiger partial charge is 0.278 e. The molecule has 0 aliphatic carbocycles. The lowest BCUT2D eigenvalue weighted by atomic mass is 10.1. The number of pyridine rings is 1. The van der Waals surface area contributed by atoms with Crippen molar-refractivity contribution in [1.82, 2.24) is 15.2 Å². The van der Waals surface area contributed by atoms with E-state index in [9.17, 15) is 14.9 Å². The Morgan fingerprint density at radius 1 is 1.45 bits per heavy atom. The molecule has 0 unspecified atom stereocenters. The number of amides is 1. The normalized spacial score (nSPS) is 10.4. The number of nitrogens with zero attached hydrogens (tertiary/aromatic N) is 3. The maximum Gasteiger partial charge on any atom is 0.278 e. The van der Waals surface area contributed by atoms with Gasteiger partial charge in [0, 0.05) is 50.9 Å². The van der Waals surface area contributed by atoms with Crippen molar-refractivity contribution in [3.8, 4) is 0 Å². The van der Waals surface area contributed by atoms with Gasteiger partial charge < -0.3 is 10.2 Å². The van der Waals surface area contributed by atoms with Crippen molar-refractivity contribution in [3.63, 3.8) is 0 Å². The average molecular weight is 280 g/mol. The van der Waals surface area contributed by atoms with Gasteiger partial charge >= 0.3 is 0 Å². The van der Waals surface area contributed by atoms with Crippen LogP contribution in [-0.4, -0.2) is 41.4 Å². The first kappa shape index (κ1) is 16.0. The second-order valence-corrected chi connectivity index (χ2v) is 4.83. The highest BCUT2D eigenvalue weighted by molar-refractivity contribution is 5.75. The van der Waals surface area contributed by atoms with Gasteiger partial charge in [0.05, 0.1) is 10.6 Å². The summed E-state index contributed by atoms with van der Waals surface area (Å²) in [5.74, 6) is 0.0390. The number of aromatic nitrogens is 1. The molecule has 0 atom stereocenters. The number of hydrogen-bond donors (Lipinski definition) is 1. The van der Waals surface area contributed by atoms with Crippen LogP contribution in [0.2, 0.25) is 0 Å². The number of hydrogen-bond acceptors (Lipinski definition) is 5. The van der Waals surface area contributed by atoms with Gasteiger partial charge in [0.2, 0.25) is 5.91 Å². The van der Waals surface area contributed by atoms with Crippen molar-refractivity contribution in [1.29, 1.82) is 0 Å². The molecule has 7 heteroatoms. The summed E-state index contributed by atoms with van der Waals surface area (Å²) in [6.45, 7) is 4.29. The van der Waals surface area contributed by atoms with E-state index in [4.69, 9.17) is 0 Å². The van der Waals surface area contributed by atoms with Crippen LogP contribution in [0.5, 0.6) is 0 Å². The first-order chi connectivity index (χ1) is 9.34. The average Bonchev–Trinajstić information content (AvgIpc) is 2.35. The van der Waals surface area contributed by atoms with Crippen LogP contribution in [0.1, 0.15) is 23.2 Å². The predicted octanol–water partition coefficient (Wildman–Crippen LogP) is 1.17. The molecule has 1 amide bonds. The number of nitro groups is 1. The summed E-state index contributed by atoms with van der Waals surface area (Å²) in [4.78, 5) is 27.7. The van der Waals surface area contributed by atoms with Crippen LogP contribution < -0.4 is 5.32 Å². The Hall–Kier alpha value is -2.02. The Kier molecular flexibility index (Phi) is 5.57. The van der Waals surface area contributed by atoms with Crippen molar-refractivity contribution < 1.29 is 9.72 Å². The van der Waals surface area contributed by atoms with Gasteiger partial charge in [0.1, 0.15) is 0 Å². The Labute approximate surface area is 118 Å². The number of carbonyl (C=O) groups is 1. The molecule has 1 N–H and O–H groups in total. The molecule has 1 rings (SSSR count). The zero-order valence-electron chi connectivity index (χ0n) is 12.3. The minimum absolute atomic E-state index is 0.0390. The Morgan fingerprint density at radius 2 is 2.10 bits per heavy atom. The van der Waals surface area contributed by atoms with Crippen LogP contribution in [0.4, 0.5) is 5.69 Å². The fourth-order valence-corrected chi connectivity index (χ4v) is 1.85. The molecular weight excluding hydrogens is 260 g/mol. The molecule has 110 valence electrons. The molecule has 1 heterocycles. The summed E-state index contributed by atoms with van der Waals surface area (Å²) in [5.41, 5.74) is 1.88. The van der Waals surface area contributed by atoms with Gasteiger partial charge in [-0.05, 0) is 13.8 Å². The largest absolute Gasteiger partial charge is 0.349 e. The highest BCUT2D eigenvalue weighted by Gasteiger charge is 2.18. The second kappa shape index (κ2) is 6.95. The number of nitrogens with one attached hydrogen (secondary N) is 1. The van der Waals surface area contributed by atoms with Gasteiger partial charge in [-0.15, -0.1) is 0 Å². The van der Waals surface area contributed by atoms with Crippen molar-refractivity contribution >= 4 is 11.6 Å². The summed E-state index contributed by atoms with van der Waals surface area (Å²) < 4.78 is 0. The van der Waals surface area contributed by atoms with Crippen molar-refractivity contribution in [3.05, 3.63) is 33.1 Å². The van der Waals surface area contributed by atoms with Crippen molar-refractivity contribution in [2.24, 2.45) is 0 Å². The molecule has 0 spiro atoms. The number of aryl methyl sites for hydroxylation is 1. The van der Waals surface area contributed by atoms with E-state index in [1.807, 2.05) is 0 Å². The van der Waals surface area contributed by atoms with E-state index in [1.165, 1.54) is 11.1 Å². The lowest BCUT2D eigenvalue weighted by Crippen LogP contribution is -2.26.